The Bertz CT molecular complexity index is 142. The summed E-state index contributed by atoms with van der Waals surface area (Å²) in [5.74, 6) is 0. The van der Waals surface area contributed by atoms with Gasteiger partial charge >= 0.3 is 0 Å². The zero-order valence-corrected chi connectivity index (χ0v) is 10.2. The summed E-state index contributed by atoms with van der Waals surface area (Å²) in [7, 11) is 1.76. The van der Waals surface area contributed by atoms with Gasteiger partial charge in [0.15, 0.2) is 0 Å². The molecule has 0 aromatic rings. The van der Waals surface area contributed by atoms with Crippen LogP contribution in [0.4, 0.5) is 0 Å². The van der Waals surface area contributed by atoms with Crippen LogP contribution in [-0.4, -0.2) is 38.3 Å². The Morgan fingerprint density at radius 1 is 1.21 bits per heavy atom. The summed E-state index contributed by atoms with van der Waals surface area (Å²) in [5, 5.41) is 0. The van der Waals surface area contributed by atoms with Gasteiger partial charge in [0.25, 0.3) is 0 Å². The molecule has 2 heteroatoms. The Hall–Kier alpha value is -0.340. The van der Waals surface area contributed by atoms with Crippen LogP contribution in [0.3, 0.4) is 0 Å². The number of hydrogen-bond donors (Lipinski definition) is 0. The molecular formula is C12H25NO. The van der Waals surface area contributed by atoms with Gasteiger partial charge in [0, 0.05) is 13.7 Å². The topological polar surface area (TPSA) is 12.5 Å². The van der Waals surface area contributed by atoms with Crippen LogP contribution in [0.15, 0.2) is 11.6 Å². The molecule has 0 aromatic carbocycles. The maximum Gasteiger partial charge on any atom is 0.0673 e. The third kappa shape index (κ3) is 6.17. The normalized spacial score (nSPS) is 12.5. The van der Waals surface area contributed by atoms with Crippen molar-refractivity contribution in [3.63, 3.8) is 0 Å². The molecule has 0 N–H and O–H groups in total. The van der Waals surface area contributed by atoms with Crippen LogP contribution in [0.25, 0.3) is 0 Å². The minimum Gasteiger partial charge on any atom is -0.380 e. The molecule has 0 spiro atoms. The highest BCUT2D eigenvalue weighted by Gasteiger charge is 1.98. The fourth-order valence-electron chi connectivity index (χ4n) is 1.48. The average Bonchev–Trinajstić information content (AvgIpc) is 2.20. The van der Waals surface area contributed by atoms with Crippen molar-refractivity contribution >= 4 is 0 Å². The molecule has 2 nitrogen and oxygen atoms in total. The number of nitrogens with zero attached hydrogens (tertiary/aromatic N) is 1. The Kier molecular flexibility index (Phi) is 9.00. The number of hydrogen-bond acceptors (Lipinski definition) is 2. The van der Waals surface area contributed by atoms with Gasteiger partial charge in [-0.25, -0.2) is 0 Å². The van der Waals surface area contributed by atoms with Gasteiger partial charge in [-0.2, -0.15) is 0 Å². The van der Waals surface area contributed by atoms with E-state index < -0.39 is 0 Å². The lowest BCUT2D eigenvalue weighted by atomic mass is 10.1. The first-order valence-corrected chi connectivity index (χ1v) is 5.67. The molecule has 0 aromatic heterocycles. The van der Waals surface area contributed by atoms with E-state index in [1.54, 1.807) is 7.11 Å². The van der Waals surface area contributed by atoms with Crippen LogP contribution >= 0.6 is 0 Å². The minimum absolute atomic E-state index is 0.787. The van der Waals surface area contributed by atoms with Crippen LogP contribution in [-0.2, 0) is 4.74 Å². The van der Waals surface area contributed by atoms with Gasteiger partial charge < -0.3 is 9.64 Å². The van der Waals surface area contributed by atoms with Gasteiger partial charge in [-0.1, -0.05) is 33.3 Å². The van der Waals surface area contributed by atoms with Crippen molar-refractivity contribution in [1.82, 2.24) is 4.90 Å². The van der Waals surface area contributed by atoms with Gasteiger partial charge in [0.05, 0.1) is 6.61 Å². The molecule has 0 heterocycles. The van der Waals surface area contributed by atoms with Gasteiger partial charge in [-0.05, 0) is 25.1 Å². The number of ether oxygens (including phenoxy) is 1. The summed E-state index contributed by atoms with van der Waals surface area (Å²) in [6.07, 6.45) is 4.68. The lowest BCUT2D eigenvalue weighted by Crippen LogP contribution is -2.23. The zero-order chi connectivity index (χ0) is 10.8. The molecule has 0 saturated carbocycles. The molecule has 0 amide bonds. The van der Waals surface area contributed by atoms with E-state index in [1.807, 2.05) is 0 Å². The summed E-state index contributed by atoms with van der Waals surface area (Å²) in [6.45, 7) is 10.7. The predicted molar refractivity (Wildman–Crippen MR) is 62.7 cm³/mol. The molecule has 0 radical (unpaired) electrons. The predicted octanol–water partition coefficient (Wildman–Crippen LogP) is 2.70. The van der Waals surface area contributed by atoms with Crippen molar-refractivity contribution in [3.8, 4) is 0 Å². The van der Waals surface area contributed by atoms with E-state index in [2.05, 4.69) is 31.7 Å². The molecule has 0 aliphatic heterocycles. The van der Waals surface area contributed by atoms with E-state index in [-0.39, 0.29) is 0 Å². The molecule has 84 valence electrons. The Morgan fingerprint density at radius 3 is 2.29 bits per heavy atom. The van der Waals surface area contributed by atoms with Crippen LogP contribution in [0.1, 0.15) is 33.6 Å². The van der Waals surface area contributed by atoms with E-state index >= 15 is 0 Å². The zero-order valence-electron chi connectivity index (χ0n) is 10.2. The second kappa shape index (κ2) is 9.22. The van der Waals surface area contributed by atoms with Crippen molar-refractivity contribution in [1.29, 1.82) is 0 Å². The second-order valence-electron chi connectivity index (χ2n) is 3.53. The van der Waals surface area contributed by atoms with Crippen LogP contribution in [0.5, 0.6) is 0 Å². The maximum atomic E-state index is 5.17. The Morgan fingerprint density at radius 2 is 1.86 bits per heavy atom. The molecule has 0 bridgehead atoms. The highest BCUT2D eigenvalue weighted by molar-refractivity contribution is 5.03. The van der Waals surface area contributed by atoms with E-state index in [1.165, 1.54) is 12.0 Å². The third-order valence-corrected chi connectivity index (χ3v) is 2.43. The molecule has 14 heavy (non-hydrogen) atoms. The highest BCUT2D eigenvalue weighted by Crippen LogP contribution is 2.05. The standard InChI is InChI=1S/C12H25NO/c1-5-8-12(11-14-4)9-10-13(6-2)7-3/h9H,5-8,10-11H2,1-4H3/b12-9+. The number of likely N-dealkylation sites (N-methyl/N-ethyl adjacent to an activating group) is 1. The Labute approximate surface area is 88.9 Å². The van der Waals surface area contributed by atoms with E-state index in [0.717, 1.165) is 32.7 Å². The summed E-state index contributed by atoms with van der Waals surface area (Å²) < 4.78 is 5.17. The largest absolute Gasteiger partial charge is 0.380 e. The van der Waals surface area contributed by atoms with Crippen molar-refractivity contribution in [2.24, 2.45) is 0 Å². The fourth-order valence-corrected chi connectivity index (χ4v) is 1.48. The van der Waals surface area contributed by atoms with E-state index in [4.69, 9.17) is 4.74 Å². The van der Waals surface area contributed by atoms with Gasteiger partial charge in [0.2, 0.25) is 0 Å². The minimum atomic E-state index is 0.787. The van der Waals surface area contributed by atoms with Crippen LogP contribution in [0.2, 0.25) is 0 Å². The first-order chi connectivity index (χ1) is 6.78. The smallest absolute Gasteiger partial charge is 0.0673 e. The average molecular weight is 199 g/mol. The second-order valence-corrected chi connectivity index (χ2v) is 3.53. The third-order valence-electron chi connectivity index (χ3n) is 2.43. The van der Waals surface area contributed by atoms with Crippen molar-refractivity contribution in [2.75, 3.05) is 33.4 Å². The highest BCUT2D eigenvalue weighted by atomic mass is 16.5. The first-order valence-electron chi connectivity index (χ1n) is 5.67. The molecule has 0 aliphatic carbocycles. The molecule has 0 fully saturated rings. The quantitative estimate of drug-likeness (QED) is 0.557. The SMILES string of the molecule is CCC/C(=C\CN(CC)CC)COC. The summed E-state index contributed by atoms with van der Waals surface area (Å²) >= 11 is 0. The summed E-state index contributed by atoms with van der Waals surface area (Å²) in [6, 6.07) is 0. The summed E-state index contributed by atoms with van der Waals surface area (Å²) in [5.41, 5.74) is 1.43. The maximum absolute atomic E-state index is 5.17. The molecule has 0 atom stereocenters. The van der Waals surface area contributed by atoms with Gasteiger partial charge in [-0.15, -0.1) is 0 Å². The van der Waals surface area contributed by atoms with Gasteiger partial charge in [0.1, 0.15) is 0 Å². The lowest BCUT2D eigenvalue weighted by molar-refractivity contribution is 0.221. The molecular weight excluding hydrogens is 174 g/mol. The monoisotopic (exact) mass is 199 g/mol. The van der Waals surface area contributed by atoms with E-state index in [0.29, 0.717) is 0 Å². The van der Waals surface area contributed by atoms with E-state index in [9.17, 15) is 0 Å². The molecule has 0 aliphatic rings. The van der Waals surface area contributed by atoms with Crippen molar-refractivity contribution in [2.45, 2.75) is 33.6 Å². The van der Waals surface area contributed by atoms with Crippen molar-refractivity contribution < 1.29 is 4.74 Å². The number of rotatable bonds is 8. The molecule has 0 rings (SSSR count). The number of methoxy groups -OCH3 is 1. The summed E-state index contributed by atoms with van der Waals surface area (Å²) in [4.78, 5) is 2.41. The fraction of sp³-hybridized carbons (Fsp3) is 0.833. The van der Waals surface area contributed by atoms with Crippen LogP contribution < -0.4 is 0 Å². The first kappa shape index (κ1) is 13.7. The molecule has 0 saturated heterocycles. The van der Waals surface area contributed by atoms with Gasteiger partial charge in [-0.3, -0.25) is 0 Å². The van der Waals surface area contributed by atoms with Crippen molar-refractivity contribution in [3.05, 3.63) is 11.6 Å². The van der Waals surface area contributed by atoms with Crippen LogP contribution in [0, 0.1) is 0 Å². The lowest BCUT2D eigenvalue weighted by Gasteiger charge is -2.16. The Balaban J connectivity index is 3.98. The molecule has 0 unspecified atom stereocenters.